The maximum Gasteiger partial charge on any atom is 0.303 e. The number of aromatic nitrogens is 2. The van der Waals surface area contributed by atoms with E-state index in [9.17, 15) is 14.3 Å². The molecule has 142 valence electrons. The van der Waals surface area contributed by atoms with E-state index < -0.39 is 5.97 Å². The van der Waals surface area contributed by atoms with E-state index >= 15 is 0 Å². The molecule has 0 amide bonds. The van der Waals surface area contributed by atoms with Gasteiger partial charge in [0.05, 0.1) is 11.0 Å². The number of likely N-dealkylation sites (tertiary alicyclic amines) is 1. The first-order valence-electron chi connectivity index (χ1n) is 9.28. The molecule has 2 heterocycles. The van der Waals surface area contributed by atoms with Crippen LogP contribution < -0.4 is 0 Å². The largest absolute Gasteiger partial charge is 0.481 e. The summed E-state index contributed by atoms with van der Waals surface area (Å²) in [5, 5.41) is 9.27. The standard InChI is InChI=1S/C20H28FN3O2/c1-20(2,3)12-24-7-6-13(9-19(25)26)14(11-24)8-18-22-16-5-4-15(21)10-17(16)23-18/h4-5,10,13-14H,6-9,11-12H2,1-3H3,(H,22,23)(H,25,26). The van der Waals surface area contributed by atoms with Crippen LogP contribution in [0.25, 0.3) is 11.0 Å². The molecule has 0 bridgehead atoms. The molecule has 1 aliphatic rings. The maximum absolute atomic E-state index is 13.4. The number of aliphatic carboxylic acids is 1. The summed E-state index contributed by atoms with van der Waals surface area (Å²) >= 11 is 0. The number of carboxylic acid groups (broad SMARTS) is 1. The Kier molecular flexibility index (Phi) is 5.32. The number of H-pyrrole nitrogens is 1. The molecule has 1 fully saturated rings. The quantitative estimate of drug-likeness (QED) is 0.852. The molecule has 1 aromatic heterocycles. The second-order valence-electron chi connectivity index (χ2n) is 8.75. The van der Waals surface area contributed by atoms with Gasteiger partial charge in [-0.1, -0.05) is 20.8 Å². The first-order chi connectivity index (χ1) is 12.2. The number of hydrogen-bond acceptors (Lipinski definition) is 3. The summed E-state index contributed by atoms with van der Waals surface area (Å²) in [4.78, 5) is 21.5. The van der Waals surface area contributed by atoms with Gasteiger partial charge >= 0.3 is 5.97 Å². The summed E-state index contributed by atoms with van der Waals surface area (Å²) in [6.07, 6.45) is 1.78. The van der Waals surface area contributed by atoms with Crippen LogP contribution in [0.15, 0.2) is 18.2 Å². The third kappa shape index (κ3) is 4.81. The van der Waals surface area contributed by atoms with E-state index in [4.69, 9.17) is 0 Å². The Morgan fingerprint density at radius 1 is 1.38 bits per heavy atom. The van der Waals surface area contributed by atoms with Crippen LogP contribution in [-0.4, -0.2) is 45.6 Å². The van der Waals surface area contributed by atoms with E-state index in [0.29, 0.717) is 11.9 Å². The third-order valence-corrected chi connectivity index (χ3v) is 5.06. The summed E-state index contributed by atoms with van der Waals surface area (Å²) in [7, 11) is 0. The molecule has 26 heavy (non-hydrogen) atoms. The summed E-state index contributed by atoms with van der Waals surface area (Å²) in [5.74, 6) is 0.159. The van der Waals surface area contributed by atoms with Crippen molar-refractivity contribution >= 4 is 17.0 Å². The van der Waals surface area contributed by atoms with Crippen molar-refractivity contribution in [1.82, 2.24) is 14.9 Å². The molecule has 1 aliphatic heterocycles. The van der Waals surface area contributed by atoms with Gasteiger partial charge in [-0.05, 0) is 48.4 Å². The van der Waals surface area contributed by atoms with Crippen molar-refractivity contribution in [1.29, 1.82) is 0 Å². The van der Waals surface area contributed by atoms with Gasteiger partial charge in [-0.15, -0.1) is 0 Å². The SMILES string of the molecule is CC(C)(C)CN1CCC(CC(=O)O)C(Cc2nc3ccc(F)cc3[nH]2)C1. The van der Waals surface area contributed by atoms with Gasteiger partial charge in [-0.25, -0.2) is 9.37 Å². The van der Waals surface area contributed by atoms with Crippen molar-refractivity contribution in [3.63, 3.8) is 0 Å². The third-order valence-electron chi connectivity index (χ3n) is 5.06. The van der Waals surface area contributed by atoms with Crippen LogP contribution in [0.4, 0.5) is 4.39 Å². The molecule has 1 aromatic carbocycles. The molecular formula is C20H28FN3O2. The van der Waals surface area contributed by atoms with Crippen LogP contribution in [0.3, 0.4) is 0 Å². The predicted molar refractivity (Wildman–Crippen MR) is 99.5 cm³/mol. The van der Waals surface area contributed by atoms with E-state index in [-0.39, 0.29) is 29.5 Å². The fourth-order valence-corrected chi connectivity index (χ4v) is 4.07. The van der Waals surface area contributed by atoms with Crippen molar-refractivity contribution in [3.05, 3.63) is 29.8 Å². The van der Waals surface area contributed by atoms with Crippen LogP contribution in [0, 0.1) is 23.1 Å². The molecular weight excluding hydrogens is 333 g/mol. The van der Waals surface area contributed by atoms with Gasteiger partial charge < -0.3 is 15.0 Å². The number of benzene rings is 1. The van der Waals surface area contributed by atoms with Crippen molar-refractivity contribution in [3.8, 4) is 0 Å². The lowest BCUT2D eigenvalue weighted by atomic mass is 9.80. The summed E-state index contributed by atoms with van der Waals surface area (Å²) < 4.78 is 13.4. The normalized spacial score (nSPS) is 22.0. The van der Waals surface area contributed by atoms with Crippen molar-refractivity contribution < 1.29 is 14.3 Å². The number of imidazole rings is 1. The number of carbonyl (C=O) groups is 1. The Morgan fingerprint density at radius 3 is 2.85 bits per heavy atom. The van der Waals surface area contributed by atoms with Gasteiger partial charge in [0, 0.05) is 25.9 Å². The molecule has 2 aromatic rings. The number of hydrogen-bond donors (Lipinski definition) is 2. The number of aromatic amines is 1. The van der Waals surface area contributed by atoms with E-state index in [2.05, 4.69) is 35.6 Å². The smallest absolute Gasteiger partial charge is 0.303 e. The number of nitrogens with zero attached hydrogens (tertiary/aromatic N) is 2. The highest BCUT2D eigenvalue weighted by atomic mass is 19.1. The lowest BCUT2D eigenvalue weighted by Crippen LogP contribution is -2.45. The first-order valence-corrected chi connectivity index (χ1v) is 9.28. The van der Waals surface area contributed by atoms with Crippen LogP contribution in [0.1, 0.15) is 39.4 Å². The minimum absolute atomic E-state index is 0.147. The maximum atomic E-state index is 13.4. The van der Waals surface area contributed by atoms with E-state index in [1.165, 1.54) is 12.1 Å². The molecule has 2 unspecified atom stereocenters. The minimum atomic E-state index is -0.740. The van der Waals surface area contributed by atoms with E-state index in [0.717, 1.165) is 37.4 Å². The minimum Gasteiger partial charge on any atom is -0.481 e. The number of halogens is 1. The van der Waals surface area contributed by atoms with Crippen molar-refractivity contribution in [2.75, 3.05) is 19.6 Å². The average Bonchev–Trinajstić information content (AvgIpc) is 2.89. The van der Waals surface area contributed by atoms with E-state index in [1.54, 1.807) is 6.07 Å². The number of carboxylic acids is 1. The molecule has 0 aliphatic carbocycles. The van der Waals surface area contributed by atoms with Gasteiger partial charge in [0.1, 0.15) is 11.6 Å². The molecule has 0 spiro atoms. The van der Waals surface area contributed by atoms with Gasteiger partial charge in [-0.2, -0.15) is 0 Å². The Morgan fingerprint density at radius 2 is 2.15 bits per heavy atom. The number of piperidine rings is 1. The zero-order valence-corrected chi connectivity index (χ0v) is 15.8. The Hall–Kier alpha value is -1.95. The molecule has 2 N–H and O–H groups in total. The van der Waals surface area contributed by atoms with Crippen LogP contribution in [-0.2, 0) is 11.2 Å². The highest BCUT2D eigenvalue weighted by Gasteiger charge is 2.32. The Labute approximate surface area is 153 Å². The predicted octanol–water partition coefficient (Wildman–Crippen LogP) is 3.70. The summed E-state index contributed by atoms with van der Waals surface area (Å²) in [5.41, 5.74) is 1.65. The Bertz CT molecular complexity index is 781. The molecule has 1 saturated heterocycles. The Balaban J connectivity index is 1.77. The first kappa shape index (κ1) is 18.8. The topological polar surface area (TPSA) is 69.2 Å². The molecule has 3 rings (SSSR count). The highest BCUT2D eigenvalue weighted by Crippen LogP contribution is 2.31. The van der Waals surface area contributed by atoms with Crippen molar-refractivity contribution in [2.24, 2.45) is 17.3 Å². The monoisotopic (exact) mass is 361 g/mol. The average molecular weight is 361 g/mol. The molecule has 5 nitrogen and oxygen atoms in total. The zero-order chi connectivity index (χ0) is 18.9. The molecule has 0 saturated carbocycles. The van der Waals surface area contributed by atoms with Crippen LogP contribution >= 0.6 is 0 Å². The van der Waals surface area contributed by atoms with Crippen molar-refractivity contribution in [2.45, 2.75) is 40.0 Å². The van der Waals surface area contributed by atoms with Gasteiger partial charge in [0.25, 0.3) is 0 Å². The zero-order valence-electron chi connectivity index (χ0n) is 15.8. The molecule has 6 heteroatoms. The molecule has 2 atom stereocenters. The van der Waals surface area contributed by atoms with E-state index in [1.807, 2.05) is 0 Å². The second-order valence-corrected chi connectivity index (χ2v) is 8.75. The number of nitrogens with one attached hydrogen (secondary N) is 1. The summed E-state index contributed by atoms with van der Waals surface area (Å²) in [6, 6.07) is 4.53. The van der Waals surface area contributed by atoms with Gasteiger partial charge in [0.15, 0.2) is 0 Å². The fourth-order valence-electron chi connectivity index (χ4n) is 4.07. The fraction of sp³-hybridized carbons (Fsp3) is 0.600. The van der Waals surface area contributed by atoms with Gasteiger partial charge in [0.2, 0.25) is 0 Å². The summed E-state index contributed by atoms with van der Waals surface area (Å²) in [6.45, 7) is 9.48. The lowest BCUT2D eigenvalue weighted by molar-refractivity contribution is -0.139. The van der Waals surface area contributed by atoms with Gasteiger partial charge in [-0.3, -0.25) is 4.79 Å². The van der Waals surface area contributed by atoms with Crippen LogP contribution in [0.5, 0.6) is 0 Å². The lowest BCUT2D eigenvalue weighted by Gasteiger charge is -2.40. The highest BCUT2D eigenvalue weighted by molar-refractivity contribution is 5.74. The number of rotatable bonds is 5. The number of fused-ring (bicyclic) bond motifs is 1. The second kappa shape index (κ2) is 7.35. The van der Waals surface area contributed by atoms with Crippen LogP contribution in [0.2, 0.25) is 0 Å². The molecule has 0 radical (unpaired) electrons.